The molecule has 2 heterocycles. The lowest BCUT2D eigenvalue weighted by atomic mass is 10.5. The molecule has 2 aromatic heterocycles. The fourth-order valence-corrected chi connectivity index (χ4v) is 1.64. The van der Waals surface area contributed by atoms with Crippen LogP contribution in [0.1, 0.15) is 5.82 Å². The molecular weight excluding hydrogens is 210 g/mol. The lowest BCUT2D eigenvalue weighted by Gasteiger charge is -2.04. The largest absolute Gasteiger partial charge is 0.366 e. The Morgan fingerprint density at radius 2 is 2.33 bits per heavy atom. The van der Waals surface area contributed by atoms with Gasteiger partial charge in [0, 0.05) is 24.7 Å². The third kappa shape index (κ3) is 2.04. The monoisotopic (exact) mass is 223 g/mol. The van der Waals surface area contributed by atoms with Crippen LogP contribution < -0.4 is 5.32 Å². The molecule has 0 amide bonds. The van der Waals surface area contributed by atoms with E-state index in [-0.39, 0.29) is 0 Å². The van der Waals surface area contributed by atoms with Crippen LogP contribution in [0.25, 0.3) is 5.65 Å². The summed E-state index contributed by atoms with van der Waals surface area (Å²) < 4.78 is 1.93. The summed E-state index contributed by atoms with van der Waals surface area (Å²) in [6.07, 6.45) is 5.70. The van der Waals surface area contributed by atoms with Crippen molar-refractivity contribution in [1.29, 1.82) is 0 Å². The van der Waals surface area contributed by atoms with Crippen molar-refractivity contribution in [2.24, 2.45) is 0 Å². The Hall–Kier alpha value is -1.30. The number of nitrogens with zero attached hydrogens (tertiary/aromatic N) is 4. The SMILES string of the molecule is CSCCNc1nccn2c(C)nnc12. The van der Waals surface area contributed by atoms with E-state index >= 15 is 0 Å². The van der Waals surface area contributed by atoms with Crippen molar-refractivity contribution in [3.8, 4) is 0 Å². The first-order valence-corrected chi connectivity index (χ1v) is 6.11. The number of aryl methyl sites for hydroxylation is 1. The molecule has 0 atom stereocenters. The average Bonchev–Trinajstić information content (AvgIpc) is 2.62. The molecule has 0 saturated carbocycles. The lowest BCUT2D eigenvalue weighted by Crippen LogP contribution is -2.07. The predicted octanol–water partition coefficient (Wildman–Crippen LogP) is 1.21. The molecule has 15 heavy (non-hydrogen) atoms. The van der Waals surface area contributed by atoms with Crippen LogP contribution in [0.2, 0.25) is 0 Å². The van der Waals surface area contributed by atoms with E-state index < -0.39 is 0 Å². The zero-order chi connectivity index (χ0) is 10.7. The quantitative estimate of drug-likeness (QED) is 0.789. The van der Waals surface area contributed by atoms with Gasteiger partial charge in [0.25, 0.3) is 0 Å². The maximum absolute atomic E-state index is 4.25. The average molecular weight is 223 g/mol. The highest BCUT2D eigenvalue weighted by Gasteiger charge is 2.06. The number of rotatable bonds is 4. The van der Waals surface area contributed by atoms with Gasteiger partial charge >= 0.3 is 0 Å². The number of anilines is 1. The van der Waals surface area contributed by atoms with Crippen LogP contribution in [-0.2, 0) is 0 Å². The van der Waals surface area contributed by atoms with E-state index in [4.69, 9.17) is 0 Å². The van der Waals surface area contributed by atoms with Crippen molar-refractivity contribution in [3.63, 3.8) is 0 Å². The van der Waals surface area contributed by atoms with E-state index in [9.17, 15) is 0 Å². The summed E-state index contributed by atoms with van der Waals surface area (Å²) in [5, 5.41) is 11.3. The first kappa shape index (κ1) is 10.2. The molecule has 6 heteroatoms. The zero-order valence-corrected chi connectivity index (χ0v) is 9.58. The Morgan fingerprint density at radius 1 is 1.47 bits per heavy atom. The smallest absolute Gasteiger partial charge is 0.203 e. The summed E-state index contributed by atoms with van der Waals surface area (Å²) in [6, 6.07) is 0. The van der Waals surface area contributed by atoms with Gasteiger partial charge in [0.1, 0.15) is 5.82 Å². The Kier molecular flexibility index (Phi) is 3.05. The minimum atomic E-state index is 0.788. The van der Waals surface area contributed by atoms with Crippen LogP contribution in [0, 0.1) is 6.92 Å². The van der Waals surface area contributed by atoms with Crippen LogP contribution in [0.5, 0.6) is 0 Å². The van der Waals surface area contributed by atoms with E-state index in [1.165, 1.54) is 0 Å². The minimum Gasteiger partial charge on any atom is -0.366 e. The first-order valence-electron chi connectivity index (χ1n) is 4.72. The summed E-state index contributed by atoms with van der Waals surface area (Å²) in [7, 11) is 0. The highest BCUT2D eigenvalue weighted by Crippen LogP contribution is 2.11. The number of hydrogen-bond donors (Lipinski definition) is 1. The Labute approximate surface area is 92.3 Å². The molecular formula is C9H13N5S. The highest BCUT2D eigenvalue weighted by atomic mass is 32.2. The van der Waals surface area contributed by atoms with Crippen molar-refractivity contribution < 1.29 is 0 Å². The number of hydrogen-bond acceptors (Lipinski definition) is 5. The van der Waals surface area contributed by atoms with Gasteiger partial charge in [0.15, 0.2) is 5.82 Å². The summed E-state index contributed by atoms with van der Waals surface area (Å²) >= 11 is 1.80. The number of nitrogens with one attached hydrogen (secondary N) is 1. The molecule has 0 aliphatic heterocycles. The fourth-order valence-electron chi connectivity index (χ4n) is 1.34. The number of aromatic nitrogens is 4. The van der Waals surface area contributed by atoms with Crippen molar-refractivity contribution in [3.05, 3.63) is 18.2 Å². The molecule has 2 aromatic rings. The second-order valence-corrected chi connectivity index (χ2v) is 4.12. The van der Waals surface area contributed by atoms with Gasteiger partial charge in [-0.1, -0.05) is 0 Å². The van der Waals surface area contributed by atoms with Gasteiger partial charge < -0.3 is 5.32 Å². The minimum absolute atomic E-state index is 0.788. The molecule has 2 rings (SSSR count). The molecule has 0 saturated heterocycles. The molecule has 0 fully saturated rings. The fraction of sp³-hybridized carbons (Fsp3) is 0.444. The second kappa shape index (κ2) is 4.48. The topological polar surface area (TPSA) is 55.1 Å². The lowest BCUT2D eigenvalue weighted by molar-refractivity contribution is 1.00. The van der Waals surface area contributed by atoms with E-state index in [2.05, 4.69) is 26.8 Å². The van der Waals surface area contributed by atoms with Crippen LogP contribution in [0.4, 0.5) is 5.82 Å². The van der Waals surface area contributed by atoms with Crippen LogP contribution >= 0.6 is 11.8 Å². The van der Waals surface area contributed by atoms with Gasteiger partial charge in [0.05, 0.1) is 0 Å². The standard InChI is InChI=1S/C9H13N5S/c1-7-12-13-9-8(11-4-6-15-2)10-3-5-14(7)9/h3,5H,4,6H2,1-2H3,(H,10,11). The molecule has 1 N–H and O–H groups in total. The number of fused-ring (bicyclic) bond motifs is 1. The van der Waals surface area contributed by atoms with Crippen molar-refractivity contribution >= 4 is 23.2 Å². The molecule has 0 aromatic carbocycles. The summed E-state index contributed by atoms with van der Waals surface area (Å²) in [6.45, 7) is 2.81. The highest BCUT2D eigenvalue weighted by molar-refractivity contribution is 7.98. The van der Waals surface area contributed by atoms with E-state index in [1.54, 1.807) is 18.0 Å². The maximum Gasteiger partial charge on any atom is 0.203 e. The van der Waals surface area contributed by atoms with Gasteiger partial charge in [0.2, 0.25) is 5.65 Å². The number of thioether (sulfide) groups is 1. The molecule has 0 radical (unpaired) electrons. The van der Waals surface area contributed by atoms with E-state index in [0.717, 1.165) is 29.6 Å². The van der Waals surface area contributed by atoms with Crippen molar-refractivity contribution in [1.82, 2.24) is 19.6 Å². The molecule has 80 valence electrons. The first-order chi connectivity index (χ1) is 7.33. The van der Waals surface area contributed by atoms with Crippen molar-refractivity contribution in [2.75, 3.05) is 23.9 Å². The van der Waals surface area contributed by atoms with E-state index in [1.807, 2.05) is 17.5 Å². The summed E-state index contributed by atoms with van der Waals surface area (Å²) in [4.78, 5) is 4.25. The third-order valence-electron chi connectivity index (χ3n) is 2.10. The molecule has 0 aliphatic carbocycles. The predicted molar refractivity (Wildman–Crippen MR) is 62.4 cm³/mol. The molecule has 5 nitrogen and oxygen atoms in total. The molecule has 0 unspecified atom stereocenters. The Bertz CT molecular complexity index is 453. The van der Waals surface area contributed by atoms with Gasteiger partial charge in [-0.05, 0) is 13.2 Å². The second-order valence-electron chi connectivity index (χ2n) is 3.14. The molecule has 0 bridgehead atoms. The van der Waals surface area contributed by atoms with Crippen LogP contribution in [0.3, 0.4) is 0 Å². The van der Waals surface area contributed by atoms with Gasteiger partial charge in [-0.15, -0.1) is 10.2 Å². The summed E-state index contributed by atoms with van der Waals surface area (Å²) in [5.74, 6) is 2.73. The van der Waals surface area contributed by atoms with Gasteiger partial charge in [-0.2, -0.15) is 11.8 Å². The molecule has 0 spiro atoms. The summed E-state index contributed by atoms with van der Waals surface area (Å²) in [5.41, 5.74) is 0.788. The third-order valence-corrected chi connectivity index (χ3v) is 2.71. The zero-order valence-electron chi connectivity index (χ0n) is 8.77. The maximum atomic E-state index is 4.25. The molecule has 0 aliphatic rings. The van der Waals surface area contributed by atoms with E-state index in [0.29, 0.717) is 0 Å². The van der Waals surface area contributed by atoms with Crippen LogP contribution in [0.15, 0.2) is 12.4 Å². The van der Waals surface area contributed by atoms with Gasteiger partial charge in [-0.3, -0.25) is 4.40 Å². The van der Waals surface area contributed by atoms with Gasteiger partial charge in [-0.25, -0.2) is 4.98 Å². The van der Waals surface area contributed by atoms with Crippen LogP contribution in [-0.4, -0.2) is 38.1 Å². The normalized spacial score (nSPS) is 10.8. The Morgan fingerprint density at radius 3 is 3.13 bits per heavy atom. The Balaban J connectivity index is 2.26. The van der Waals surface area contributed by atoms with Crippen molar-refractivity contribution in [2.45, 2.75) is 6.92 Å².